The number of hydrogen-bond acceptors (Lipinski definition) is 5. The zero-order chi connectivity index (χ0) is 30.0. The van der Waals surface area contributed by atoms with Crippen LogP contribution in [0.1, 0.15) is 51.4 Å². The van der Waals surface area contributed by atoms with Crippen molar-refractivity contribution in [1.29, 1.82) is 0 Å². The number of carbonyl (C=O) groups excluding carboxylic acids is 1. The Labute approximate surface area is 262 Å². The number of fused-ring (bicyclic) bond motifs is 1. The van der Waals surface area contributed by atoms with Gasteiger partial charge in [-0.1, -0.05) is 52.9 Å². The number of carbonyl (C=O) groups is 1. The molecule has 1 unspecified atom stereocenters. The number of rotatable bonds is 7. The Kier molecular flexibility index (Phi) is 8.85. The van der Waals surface area contributed by atoms with E-state index in [0.717, 1.165) is 62.0 Å². The normalized spacial score (nSPS) is 18.1. The quantitative estimate of drug-likeness (QED) is 0.121. The molecule has 6 nitrogen and oxygen atoms in total. The standard InChI is InChI=1S/C33H33F3IN3O3/c34-33(35,36)24-6-8-26(9-7-24)39-18-14-27(15-19-39)42-28-10-11-29-23(20-28)21-30(43-29)32(41)38-25-12-16-40(17-13-25)31(37)22-4-2-1-3-5-22/h1-11,20-21,25,27,31H,12-19H2,(H,38,41). The summed E-state index contributed by atoms with van der Waals surface area (Å²) in [5.74, 6) is 0.782. The predicted molar refractivity (Wildman–Crippen MR) is 169 cm³/mol. The molecule has 1 atom stereocenters. The summed E-state index contributed by atoms with van der Waals surface area (Å²) in [5, 5.41) is 3.95. The van der Waals surface area contributed by atoms with Crippen molar-refractivity contribution in [2.45, 2.75) is 48.1 Å². The van der Waals surface area contributed by atoms with Gasteiger partial charge in [0.1, 0.15) is 17.4 Å². The van der Waals surface area contributed by atoms with Crippen molar-refractivity contribution in [3.05, 3.63) is 95.7 Å². The van der Waals surface area contributed by atoms with Crippen LogP contribution in [0.5, 0.6) is 5.75 Å². The van der Waals surface area contributed by atoms with Gasteiger partial charge in [-0.2, -0.15) is 13.2 Å². The fraction of sp³-hybridized carbons (Fsp3) is 0.364. The second-order valence-corrected chi connectivity index (χ2v) is 12.4. The third-order valence-electron chi connectivity index (χ3n) is 8.28. The highest BCUT2D eigenvalue weighted by atomic mass is 127. The molecule has 2 aliphatic rings. The van der Waals surface area contributed by atoms with Crippen LogP contribution in [0.25, 0.3) is 11.0 Å². The van der Waals surface area contributed by atoms with Gasteiger partial charge in [0.05, 0.1) is 9.61 Å². The average molecular weight is 704 g/mol. The molecule has 0 spiro atoms. The first-order valence-electron chi connectivity index (χ1n) is 14.6. The zero-order valence-electron chi connectivity index (χ0n) is 23.5. The minimum Gasteiger partial charge on any atom is -0.490 e. The molecule has 0 aliphatic carbocycles. The van der Waals surface area contributed by atoms with Gasteiger partial charge in [-0.3, -0.25) is 9.69 Å². The predicted octanol–water partition coefficient (Wildman–Crippen LogP) is 7.83. The lowest BCUT2D eigenvalue weighted by Crippen LogP contribution is -2.44. The van der Waals surface area contributed by atoms with Crippen molar-refractivity contribution in [3.63, 3.8) is 0 Å². The van der Waals surface area contributed by atoms with Crippen molar-refractivity contribution < 1.29 is 27.1 Å². The summed E-state index contributed by atoms with van der Waals surface area (Å²) in [6.45, 7) is 3.21. The molecular weight excluding hydrogens is 670 g/mol. The van der Waals surface area contributed by atoms with E-state index in [4.69, 9.17) is 9.15 Å². The van der Waals surface area contributed by atoms with Gasteiger partial charge >= 0.3 is 6.18 Å². The van der Waals surface area contributed by atoms with E-state index in [1.54, 1.807) is 6.07 Å². The number of benzene rings is 3. The number of anilines is 1. The largest absolute Gasteiger partial charge is 0.490 e. The summed E-state index contributed by atoms with van der Waals surface area (Å²) in [7, 11) is 0. The van der Waals surface area contributed by atoms with E-state index in [1.807, 2.05) is 24.3 Å². The Balaban J connectivity index is 0.995. The molecule has 2 aliphatic heterocycles. The summed E-state index contributed by atoms with van der Waals surface area (Å²) in [6.07, 6.45) is -1.07. The maximum atomic E-state index is 13.0. The van der Waals surface area contributed by atoms with Crippen LogP contribution in [0.15, 0.2) is 83.3 Å². The molecule has 1 amide bonds. The van der Waals surface area contributed by atoms with Gasteiger partial charge in [-0.25, -0.2) is 0 Å². The maximum Gasteiger partial charge on any atom is 0.416 e. The molecule has 0 bridgehead atoms. The number of amides is 1. The first kappa shape index (κ1) is 29.8. The molecule has 3 heterocycles. The monoisotopic (exact) mass is 703 g/mol. The summed E-state index contributed by atoms with van der Waals surface area (Å²) in [5.41, 5.74) is 2.06. The molecule has 2 fully saturated rings. The Bertz CT molecular complexity index is 1530. The SMILES string of the molecule is O=C(NC1CCN(C(I)c2ccccc2)CC1)c1cc2cc(OC3CCN(c4ccc(C(F)(F)F)cc4)CC3)ccc2o1. The van der Waals surface area contributed by atoms with Gasteiger partial charge in [0.15, 0.2) is 5.76 Å². The number of likely N-dealkylation sites (tertiary alicyclic amines) is 1. The van der Waals surface area contributed by atoms with E-state index in [9.17, 15) is 18.0 Å². The van der Waals surface area contributed by atoms with Crippen LogP contribution in [0, 0.1) is 0 Å². The van der Waals surface area contributed by atoms with Crippen molar-refractivity contribution in [1.82, 2.24) is 10.2 Å². The fourth-order valence-electron chi connectivity index (χ4n) is 5.84. The van der Waals surface area contributed by atoms with Crippen LogP contribution in [-0.4, -0.2) is 49.1 Å². The number of nitrogens with one attached hydrogen (secondary N) is 1. The number of piperidine rings is 2. The van der Waals surface area contributed by atoms with Crippen molar-refractivity contribution in [2.24, 2.45) is 0 Å². The topological polar surface area (TPSA) is 58.0 Å². The number of alkyl halides is 4. The van der Waals surface area contributed by atoms with Crippen LogP contribution in [0.3, 0.4) is 0 Å². The first-order valence-corrected chi connectivity index (χ1v) is 15.8. The Hall–Kier alpha value is -3.25. The molecule has 10 heteroatoms. The number of halogens is 4. The van der Waals surface area contributed by atoms with Gasteiger partial charge in [-0.15, -0.1) is 0 Å². The minimum absolute atomic E-state index is 0.00674. The van der Waals surface area contributed by atoms with E-state index in [2.05, 4.69) is 62.0 Å². The lowest BCUT2D eigenvalue weighted by Gasteiger charge is -2.35. The number of nitrogens with zero attached hydrogens (tertiary/aromatic N) is 2. The Morgan fingerprint density at radius 1 is 0.907 bits per heavy atom. The van der Waals surface area contributed by atoms with E-state index in [1.165, 1.54) is 17.7 Å². The van der Waals surface area contributed by atoms with Crippen molar-refractivity contribution in [3.8, 4) is 5.75 Å². The minimum atomic E-state index is -4.33. The van der Waals surface area contributed by atoms with Crippen LogP contribution in [0.4, 0.5) is 18.9 Å². The lowest BCUT2D eigenvalue weighted by molar-refractivity contribution is -0.137. The highest BCUT2D eigenvalue weighted by Crippen LogP contribution is 2.33. The van der Waals surface area contributed by atoms with Crippen LogP contribution < -0.4 is 15.0 Å². The van der Waals surface area contributed by atoms with Gasteiger partial charge in [0, 0.05) is 56.1 Å². The summed E-state index contributed by atoms with van der Waals surface area (Å²) in [6, 6.07) is 23.2. The Morgan fingerprint density at radius 2 is 1.60 bits per heavy atom. The van der Waals surface area contributed by atoms with Crippen molar-refractivity contribution >= 4 is 45.2 Å². The molecule has 4 aromatic rings. The van der Waals surface area contributed by atoms with E-state index >= 15 is 0 Å². The van der Waals surface area contributed by atoms with Crippen LogP contribution in [0.2, 0.25) is 0 Å². The third-order valence-corrected chi connectivity index (χ3v) is 9.78. The fourth-order valence-corrected chi connectivity index (χ4v) is 6.81. The average Bonchev–Trinajstić information content (AvgIpc) is 3.45. The molecule has 1 N–H and O–H groups in total. The van der Waals surface area contributed by atoms with Gasteiger partial charge in [0.2, 0.25) is 0 Å². The molecule has 2 saturated heterocycles. The highest BCUT2D eigenvalue weighted by Gasteiger charge is 2.31. The summed E-state index contributed by atoms with van der Waals surface area (Å²) >= 11 is 2.48. The molecule has 1 aromatic heterocycles. The smallest absolute Gasteiger partial charge is 0.416 e. The second kappa shape index (κ2) is 12.8. The van der Waals surface area contributed by atoms with Gasteiger partial charge in [-0.05, 0) is 66.9 Å². The second-order valence-electron chi connectivity index (χ2n) is 11.2. The molecule has 226 valence electrons. The zero-order valence-corrected chi connectivity index (χ0v) is 25.7. The summed E-state index contributed by atoms with van der Waals surface area (Å²) in [4.78, 5) is 17.6. The first-order chi connectivity index (χ1) is 20.7. The molecule has 3 aromatic carbocycles. The molecule has 6 rings (SSSR count). The number of furan rings is 1. The third kappa shape index (κ3) is 7.12. The molecule has 43 heavy (non-hydrogen) atoms. The van der Waals surface area contributed by atoms with Crippen molar-refractivity contribution in [2.75, 3.05) is 31.1 Å². The maximum absolute atomic E-state index is 13.0. The number of hydrogen-bond donors (Lipinski definition) is 1. The van der Waals surface area contributed by atoms with Crippen LogP contribution in [-0.2, 0) is 6.18 Å². The number of ether oxygens (including phenoxy) is 1. The molecule has 0 saturated carbocycles. The van der Waals surface area contributed by atoms with Gasteiger partial charge < -0.3 is 19.4 Å². The van der Waals surface area contributed by atoms with Crippen LogP contribution >= 0.6 is 22.6 Å². The molecular formula is C33H33F3IN3O3. The van der Waals surface area contributed by atoms with Gasteiger partial charge in [0.25, 0.3) is 5.91 Å². The Morgan fingerprint density at radius 3 is 2.28 bits per heavy atom. The van der Waals surface area contributed by atoms with E-state index < -0.39 is 11.7 Å². The lowest BCUT2D eigenvalue weighted by atomic mass is 10.0. The highest BCUT2D eigenvalue weighted by molar-refractivity contribution is 14.1. The molecule has 0 radical (unpaired) electrons. The van der Waals surface area contributed by atoms with E-state index in [-0.39, 0.29) is 23.8 Å². The summed E-state index contributed by atoms with van der Waals surface area (Å²) < 4.78 is 51.1. The van der Waals surface area contributed by atoms with E-state index in [0.29, 0.717) is 28.5 Å².